The van der Waals surface area contributed by atoms with Gasteiger partial charge in [-0.3, -0.25) is 4.79 Å². The van der Waals surface area contributed by atoms with E-state index >= 15 is 8.78 Å². The van der Waals surface area contributed by atoms with E-state index in [-0.39, 0.29) is 31.4 Å². The fourth-order valence-corrected chi connectivity index (χ4v) is 8.28. The Balaban J connectivity index is 1.53. The number of esters is 1. The van der Waals surface area contributed by atoms with Crippen LogP contribution in [-0.4, -0.2) is 71.9 Å². The van der Waals surface area contributed by atoms with Gasteiger partial charge in [-0.25, -0.2) is 18.4 Å². The van der Waals surface area contributed by atoms with Crippen LogP contribution in [0.25, 0.3) is 0 Å². The first-order chi connectivity index (χ1) is 18.8. The van der Waals surface area contributed by atoms with Gasteiger partial charge in [0.1, 0.15) is 12.3 Å². The molecule has 11 heteroatoms. The van der Waals surface area contributed by atoms with Gasteiger partial charge in [-0.05, 0) is 63.2 Å². The number of ether oxygens (including phenoxy) is 5. The minimum Gasteiger partial charge on any atom is -0.435 e. The third kappa shape index (κ3) is 3.83. The molecule has 3 saturated carbocycles. The van der Waals surface area contributed by atoms with Crippen molar-refractivity contribution in [3.8, 4) is 0 Å². The fraction of sp³-hybridized carbons (Fsp3) is 0.759. The first-order valence-corrected chi connectivity index (χ1v) is 14.1. The Bertz CT molecular complexity index is 1140. The summed E-state index contributed by atoms with van der Waals surface area (Å²) in [5, 5.41) is 11.6. The topological polar surface area (TPSA) is 118 Å². The van der Waals surface area contributed by atoms with Gasteiger partial charge in [0.25, 0.3) is 0 Å². The predicted octanol–water partition coefficient (Wildman–Crippen LogP) is 4.26. The molecule has 4 fully saturated rings. The lowest BCUT2D eigenvalue weighted by atomic mass is 9.44. The molecule has 0 bridgehead atoms. The second-order valence-electron chi connectivity index (χ2n) is 12.1. The SMILES string of the molecule is CCCC1OC2CC3C4CC(F)C5=CC(=O)C=CC5(C)C4(F)C(O)CC3(C)C2(C(=O)OC(C)OC(=O)OCC)O1. The number of aliphatic hydroxyl groups excluding tert-OH is 1. The molecular formula is C29H38F2O9. The summed E-state index contributed by atoms with van der Waals surface area (Å²) in [6.45, 7) is 8.22. The van der Waals surface area contributed by atoms with Crippen molar-refractivity contribution in [2.45, 2.75) is 109 Å². The number of aliphatic hydroxyl groups is 1. The second-order valence-corrected chi connectivity index (χ2v) is 12.1. The molecule has 1 saturated heterocycles. The number of rotatable bonds is 6. The van der Waals surface area contributed by atoms with Crippen LogP contribution in [0, 0.1) is 22.7 Å². The van der Waals surface area contributed by atoms with E-state index in [1.165, 1.54) is 26.0 Å². The van der Waals surface area contributed by atoms with Crippen molar-refractivity contribution in [1.82, 2.24) is 0 Å². The number of hydrogen-bond donors (Lipinski definition) is 1. The number of allylic oxidation sites excluding steroid dienone is 4. The zero-order chi connectivity index (χ0) is 29.3. The van der Waals surface area contributed by atoms with Crippen LogP contribution >= 0.6 is 0 Å². The van der Waals surface area contributed by atoms with E-state index in [1.54, 1.807) is 13.8 Å². The molecule has 0 spiro atoms. The van der Waals surface area contributed by atoms with Gasteiger partial charge in [-0.15, -0.1) is 0 Å². The van der Waals surface area contributed by atoms with Crippen molar-refractivity contribution < 1.29 is 52.0 Å². The molecule has 4 aliphatic carbocycles. The number of halogens is 2. The Morgan fingerprint density at radius 3 is 2.60 bits per heavy atom. The molecule has 40 heavy (non-hydrogen) atoms. The van der Waals surface area contributed by atoms with Gasteiger partial charge < -0.3 is 28.8 Å². The minimum absolute atomic E-state index is 0.0224. The Hall–Kier alpha value is -2.37. The van der Waals surface area contributed by atoms with E-state index in [1.807, 2.05) is 6.92 Å². The van der Waals surface area contributed by atoms with Crippen LogP contribution in [0.3, 0.4) is 0 Å². The van der Waals surface area contributed by atoms with Crippen molar-refractivity contribution in [2.24, 2.45) is 22.7 Å². The summed E-state index contributed by atoms with van der Waals surface area (Å²) in [7, 11) is 0. The van der Waals surface area contributed by atoms with Crippen molar-refractivity contribution in [1.29, 1.82) is 0 Å². The maximum Gasteiger partial charge on any atom is 0.511 e. The van der Waals surface area contributed by atoms with Gasteiger partial charge in [0.05, 0.1) is 12.7 Å². The van der Waals surface area contributed by atoms with Crippen LogP contribution in [0.15, 0.2) is 23.8 Å². The van der Waals surface area contributed by atoms with E-state index in [0.717, 1.165) is 6.08 Å². The maximum atomic E-state index is 17.5. The van der Waals surface area contributed by atoms with Gasteiger partial charge in [0.2, 0.25) is 6.29 Å². The van der Waals surface area contributed by atoms with Gasteiger partial charge in [0.15, 0.2) is 23.3 Å². The van der Waals surface area contributed by atoms with Crippen LogP contribution in [0.2, 0.25) is 0 Å². The minimum atomic E-state index is -2.31. The summed E-state index contributed by atoms with van der Waals surface area (Å²) < 4.78 is 61.1. The molecule has 5 aliphatic rings. The third-order valence-corrected chi connectivity index (χ3v) is 10.0. The van der Waals surface area contributed by atoms with Gasteiger partial charge in [-0.1, -0.05) is 26.3 Å². The van der Waals surface area contributed by atoms with Gasteiger partial charge >= 0.3 is 12.1 Å². The van der Waals surface area contributed by atoms with E-state index in [2.05, 4.69) is 0 Å². The lowest BCUT2D eigenvalue weighted by Crippen LogP contribution is -2.71. The first kappa shape index (κ1) is 29.1. The Morgan fingerprint density at radius 2 is 1.93 bits per heavy atom. The van der Waals surface area contributed by atoms with Crippen LogP contribution in [0.1, 0.15) is 66.7 Å². The normalized spacial score (nSPS) is 45.9. The molecule has 0 radical (unpaired) electrons. The summed E-state index contributed by atoms with van der Waals surface area (Å²) >= 11 is 0. The highest BCUT2D eigenvalue weighted by Crippen LogP contribution is 2.72. The summed E-state index contributed by atoms with van der Waals surface area (Å²) in [6.07, 6.45) is -2.56. The monoisotopic (exact) mass is 568 g/mol. The second kappa shape index (κ2) is 9.87. The molecule has 0 aromatic heterocycles. The van der Waals surface area contributed by atoms with Crippen LogP contribution < -0.4 is 0 Å². The largest absolute Gasteiger partial charge is 0.511 e. The average Bonchev–Trinajstić information content (AvgIpc) is 3.35. The van der Waals surface area contributed by atoms with E-state index in [9.17, 15) is 19.5 Å². The zero-order valence-electron chi connectivity index (χ0n) is 23.5. The highest BCUT2D eigenvalue weighted by atomic mass is 19.1. The Labute approximate surface area is 232 Å². The molecule has 11 atom stereocenters. The highest BCUT2D eigenvalue weighted by molar-refractivity contribution is 6.01. The van der Waals surface area contributed by atoms with Gasteiger partial charge in [0, 0.05) is 23.7 Å². The standard InChI is InChI=1S/C29H38F2O9/c1-6-8-23-39-22-13-17-18-12-20(30)19-11-16(32)9-10-26(19,4)28(18,31)21(33)14-27(17,5)29(22,40-23)24(34)37-15(3)38-25(35)36-7-2/h9-11,15,17-18,20-23,33H,6-8,12-14H2,1-5H3. The number of alkyl halides is 2. The lowest BCUT2D eigenvalue weighted by Gasteiger charge is -2.62. The number of fused-ring (bicyclic) bond motifs is 7. The summed E-state index contributed by atoms with van der Waals surface area (Å²) in [5.41, 5.74) is -6.81. The highest BCUT2D eigenvalue weighted by Gasteiger charge is 2.81. The summed E-state index contributed by atoms with van der Waals surface area (Å²) in [4.78, 5) is 37.9. The summed E-state index contributed by atoms with van der Waals surface area (Å²) in [6, 6.07) is 0. The van der Waals surface area contributed by atoms with Crippen molar-refractivity contribution in [3.05, 3.63) is 23.8 Å². The molecule has 11 unspecified atom stereocenters. The van der Waals surface area contributed by atoms with E-state index < -0.39 is 82.8 Å². The number of carbonyl (C=O) groups excluding carboxylic acids is 3. The summed E-state index contributed by atoms with van der Waals surface area (Å²) in [5.74, 6) is -2.94. The Kier molecular flexibility index (Phi) is 7.19. The van der Waals surface area contributed by atoms with E-state index in [4.69, 9.17) is 23.7 Å². The molecule has 1 aliphatic heterocycles. The van der Waals surface area contributed by atoms with E-state index in [0.29, 0.717) is 12.8 Å². The molecule has 222 valence electrons. The zero-order valence-corrected chi connectivity index (χ0v) is 23.5. The first-order valence-electron chi connectivity index (χ1n) is 14.1. The lowest BCUT2D eigenvalue weighted by molar-refractivity contribution is -0.247. The molecule has 1 N–H and O–H groups in total. The molecule has 0 aromatic carbocycles. The van der Waals surface area contributed by atoms with Crippen molar-refractivity contribution >= 4 is 17.9 Å². The molecule has 0 aromatic rings. The number of ketones is 1. The van der Waals surface area contributed by atoms with Gasteiger partial charge in [-0.2, -0.15) is 0 Å². The van der Waals surface area contributed by atoms with Crippen molar-refractivity contribution in [3.63, 3.8) is 0 Å². The molecule has 5 rings (SSSR count). The predicted molar refractivity (Wildman–Crippen MR) is 135 cm³/mol. The third-order valence-electron chi connectivity index (χ3n) is 10.0. The average molecular weight is 569 g/mol. The quantitative estimate of drug-likeness (QED) is 0.371. The maximum absolute atomic E-state index is 17.5. The van der Waals surface area contributed by atoms with Crippen molar-refractivity contribution in [2.75, 3.05) is 6.61 Å². The Morgan fingerprint density at radius 1 is 1.20 bits per heavy atom. The molecular weight excluding hydrogens is 530 g/mol. The van der Waals surface area contributed by atoms with Crippen LogP contribution in [0.5, 0.6) is 0 Å². The smallest absolute Gasteiger partial charge is 0.435 e. The molecule has 9 nitrogen and oxygen atoms in total. The van der Waals surface area contributed by atoms with Crippen LogP contribution in [0.4, 0.5) is 13.6 Å². The molecule has 1 heterocycles. The number of carbonyl (C=O) groups is 3. The number of hydrogen-bond acceptors (Lipinski definition) is 9. The van der Waals surface area contributed by atoms with Crippen LogP contribution in [-0.2, 0) is 33.3 Å². The molecule has 0 amide bonds. The fourth-order valence-electron chi connectivity index (χ4n) is 8.28.